The first-order chi connectivity index (χ1) is 10.3. The van der Waals surface area contributed by atoms with E-state index >= 15 is 0 Å². The predicted octanol–water partition coefficient (Wildman–Crippen LogP) is 1.91. The van der Waals surface area contributed by atoms with E-state index in [1.54, 1.807) is 6.07 Å². The topological polar surface area (TPSA) is 66.8 Å². The summed E-state index contributed by atoms with van der Waals surface area (Å²) in [4.78, 5) is 0.208. The van der Waals surface area contributed by atoms with Crippen LogP contribution < -0.4 is 4.74 Å². The minimum absolute atomic E-state index is 0.00346. The molecule has 0 amide bonds. The second kappa shape index (κ2) is 5.67. The van der Waals surface area contributed by atoms with Crippen molar-refractivity contribution < 1.29 is 18.3 Å². The number of sulfonamides is 1. The van der Waals surface area contributed by atoms with Crippen LogP contribution in [0.1, 0.15) is 19.4 Å². The van der Waals surface area contributed by atoms with Crippen LogP contribution in [0.5, 0.6) is 5.75 Å². The molecule has 5 nitrogen and oxygen atoms in total. The zero-order chi connectivity index (χ0) is 16.1. The third-order valence-corrected chi connectivity index (χ3v) is 6.62. The van der Waals surface area contributed by atoms with Crippen LogP contribution in [-0.4, -0.2) is 43.6 Å². The van der Waals surface area contributed by atoms with Gasteiger partial charge in [0.1, 0.15) is 11.9 Å². The molecule has 1 N–H and O–H groups in total. The van der Waals surface area contributed by atoms with Gasteiger partial charge in [-0.2, -0.15) is 4.31 Å². The van der Waals surface area contributed by atoms with Crippen molar-refractivity contribution in [1.29, 1.82) is 0 Å². The molecule has 1 aromatic carbocycles. The zero-order valence-electron chi connectivity index (χ0n) is 12.6. The largest absolute Gasteiger partial charge is 0.489 e. The number of ether oxygens (including phenoxy) is 1. The summed E-state index contributed by atoms with van der Waals surface area (Å²) in [6.45, 7) is 4.67. The lowest BCUT2D eigenvalue weighted by atomic mass is 10.00. The molecule has 7 heteroatoms. The van der Waals surface area contributed by atoms with Gasteiger partial charge >= 0.3 is 0 Å². The summed E-state index contributed by atoms with van der Waals surface area (Å²) in [5.74, 6) is 0.729. The van der Waals surface area contributed by atoms with Gasteiger partial charge in [0, 0.05) is 31.7 Å². The molecule has 3 rings (SSSR count). The molecular formula is C15H20ClNO4S. The molecule has 0 aliphatic carbocycles. The Morgan fingerprint density at radius 2 is 2.09 bits per heavy atom. The molecule has 0 radical (unpaired) electrons. The average Bonchev–Trinajstić information content (AvgIpc) is 3.01. The monoisotopic (exact) mass is 345 g/mol. The second-order valence-electron chi connectivity index (χ2n) is 6.27. The molecule has 0 saturated carbocycles. The first kappa shape index (κ1) is 16.1. The summed E-state index contributed by atoms with van der Waals surface area (Å²) in [6, 6.07) is 3.13. The van der Waals surface area contributed by atoms with Gasteiger partial charge in [-0.05, 0) is 30.9 Å². The van der Waals surface area contributed by atoms with Crippen molar-refractivity contribution in [2.24, 2.45) is 11.8 Å². The summed E-state index contributed by atoms with van der Waals surface area (Å²) in [5, 5.41) is 9.67. The number of hydrogen-bond donors (Lipinski definition) is 1. The number of aliphatic hydroxyl groups excluding tert-OH is 1. The van der Waals surface area contributed by atoms with E-state index < -0.39 is 10.0 Å². The Morgan fingerprint density at radius 3 is 2.73 bits per heavy atom. The fraction of sp³-hybridized carbons (Fsp3) is 0.600. The van der Waals surface area contributed by atoms with E-state index in [9.17, 15) is 13.5 Å². The quantitative estimate of drug-likeness (QED) is 0.908. The molecular weight excluding hydrogens is 326 g/mol. The molecule has 1 fully saturated rings. The minimum atomic E-state index is -3.59. The Morgan fingerprint density at radius 1 is 1.36 bits per heavy atom. The SMILES string of the molecule is C[C@@H]1Cc2cc(S(=O)(=O)N3C[C@@H](CO)[C@H](C)C3)cc(Cl)c2O1. The van der Waals surface area contributed by atoms with Gasteiger partial charge in [-0.25, -0.2) is 8.42 Å². The van der Waals surface area contributed by atoms with E-state index in [-0.39, 0.29) is 29.4 Å². The van der Waals surface area contributed by atoms with Crippen molar-refractivity contribution >= 4 is 21.6 Å². The summed E-state index contributed by atoms with van der Waals surface area (Å²) >= 11 is 6.19. The highest BCUT2D eigenvalue weighted by atomic mass is 35.5. The minimum Gasteiger partial charge on any atom is -0.489 e. The molecule has 0 aromatic heterocycles. The van der Waals surface area contributed by atoms with Gasteiger partial charge in [-0.1, -0.05) is 18.5 Å². The third-order valence-electron chi connectivity index (χ3n) is 4.53. The van der Waals surface area contributed by atoms with Crippen molar-refractivity contribution in [2.75, 3.05) is 19.7 Å². The Balaban J connectivity index is 1.94. The van der Waals surface area contributed by atoms with E-state index in [1.807, 2.05) is 13.8 Å². The molecule has 2 aliphatic rings. The smallest absolute Gasteiger partial charge is 0.243 e. The van der Waals surface area contributed by atoms with Gasteiger partial charge in [-0.3, -0.25) is 0 Å². The highest BCUT2D eigenvalue weighted by molar-refractivity contribution is 7.89. The highest BCUT2D eigenvalue weighted by Crippen LogP contribution is 2.39. The Labute approximate surface area is 135 Å². The number of nitrogens with zero attached hydrogens (tertiary/aromatic N) is 1. The molecule has 0 spiro atoms. The normalized spacial score (nSPS) is 28.6. The van der Waals surface area contributed by atoms with E-state index in [0.29, 0.717) is 30.3 Å². The molecule has 0 bridgehead atoms. The molecule has 0 unspecified atom stereocenters. The highest BCUT2D eigenvalue weighted by Gasteiger charge is 2.37. The lowest BCUT2D eigenvalue weighted by Crippen LogP contribution is -2.29. The summed E-state index contributed by atoms with van der Waals surface area (Å²) < 4.78 is 32.7. The first-order valence-corrected chi connectivity index (χ1v) is 9.24. The van der Waals surface area contributed by atoms with Gasteiger partial charge in [0.2, 0.25) is 10.0 Å². The lowest BCUT2D eigenvalue weighted by Gasteiger charge is -2.17. The number of rotatable bonds is 3. The van der Waals surface area contributed by atoms with Crippen LogP contribution in [0, 0.1) is 11.8 Å². The maximum absolute atomic E-state index is 12.8. The van der Waals surface area contributed by atoms with E-state index in [4.69, 9.17) is 16.3 Å². The van der Waals surface area contributed by atoms with Crippen molar-refractivity contribution in [3.05, 3.63) is 22.7 Å². The van der Waals surface area contributed by atoms with Crippen LogP contribution in [0.15, 0.2) is 17.0 Å². The number of hydrogen-bond acceptors (Lipinski definition) is 4. The fourth-order valence-corrected chi connectivity index (χ4v) is 5.20. The van der Waals surface area contributed by atoms with Crippen LogP contribution in [0.2, 0.25) is 5.02 Å². The molecule has 1 saturated heterocycles. The summed E-state index contributed by atoms with van der Waals surface area (Å²) in [5.41, 5.74) is 0.838. The first-order valence-electron chi connectivity index (χ1n) is 7.43. The molecule has 2 heterocycles. The number of aliphatic hydroxyl groups is 1. The van der Waals surface area contributed by atoms with Crippen molar-refractivity contribution in [3.8, 4) is 5.75 Å². The van der Waals surface area contributed by atoms with Crippen LogP contribution in [0.4, 0.5) is 0 Å². The molecule has 122 valence electrons. The zero-order valence-corrected chi connectivity index (χ0v) is 14.2. The summed E-state index contributed by atoms with van der Waals surface area (Å²) in [6.07, 6.45) is 0.671. The number of fused-ring (bicyclic) bond motifs is 1. The van der Waals surface area contributed by atoms with Crippen molar-refractivity contribution in [3.63, 3.8) is 0 Å². The fourth-order valence-electron chi connectivity index (χ4n) is 3.18. The van der Waals surface area contributed by atoms with Crippen LogP contribution in [0.3, 0.4) is 0 Å². The molecule has 22 heavy (non-hydrogen) atoms. The predicted molar refractivity (Wildman–Crippen MR) is 83.7 cm³/mol. The lowest BCUT2D eigenvalue weighted by molar-refractivity contribution is 0.210. The van der Waals surface area contributed by atoms with Crippen LogP contribution in [-0.2, 0) is 16.4 Å². The van der Waals surface area contributed by atoms with E-state index in [1.165, 1.54) is 10.4 Å². The van der Waals surface area contributed by atoms with Crippen molar-refractivity contribution in [2.45, 2.75) is 31.3 Å². The number of halogens is 1. The van der Waals surface area contributed by atoms with E-state index in [0.717, 1.165) is 5.56 Å². The second-order valence-corrected chi connectivity index (χ2v) is 8.61. The molecule has 1 aromatic rings. The average molecular weight is 346 g/mol. The Kier molecular flexibility index (Phi) is 4.14. The summed E-state index contributed by atoms with van der Waals surface area (Å²) in [7, 11) is -3.59. The van der Waals surface area contributed by atoms with Gasteiger partial charge in [0.15, 0.2) is 0 Å². The maximum atomic E-state index is 12.8. The molecule has 3 atom stereocenters. The Bertz CT molecular complexity index is 691. The molecule has 2 aliphatic heterocycles. The van der Waals surface area contributed by atoms with Gasteiger partial charge in [0.05, 0.1) is 9.92 Å². The van der Waals surface area contributed by atoms with Gasteiger partial charge in [0.25, 0.3) is 0 Å². The van der Waals surface area contributed by atoms with Crippen molar-refractivity contribution in [1.82, 2.24) is 4.31 Å². The van der Waals surface area contributed by atoms with Crippen LogP contribution in [0.25, 0.3) is 0 Å². The van der Waals surface area contributed by atoms with E-state index in [2.05, 4.69) is 0 Å². The van der Waals surface area contributed by atoms with Crippen LogP contribution >= 0.6 is 11.6 Å². The Hall–Kier alpha value is -0.820. The third kappa shape index (κ3) is 2.62. The maximum Gasteiger partial charge on any atom is 0.243 e. The standard InChI is InChI=1S/C15H20ClNO4S/c1-9-6-17(7-12(9)8-18)22(19,20)13-4-11-3-10(2)21-15(11)14(16)5-13/h4-5,9-10,12,18H,3,6-8H2,1-2H3/t9-,10-,12+/m1/s1. The number of benzene rings is 1. The van der Waals surface area contributed by atoms with Gasteiger partial charge < -0.3 is 9.84 Å². The van der Waals surface area contributed by atoms with Gasteiger partial charge in [-0.15, -0.1) is 0 Å².